The van der Waals surface area contributed by atoms with Crippen molar-refractivity contribution in [3.05, 3.63) is 28.2 Å². The lowest BCUT2D eigenvalue weighted by Gasteiger charge is -2.08. The van der Waals surface area contributed by atoms with Gasteiger partial charge in [0.25, 0.3) is 0 Å². The molecule has 0 aliphatic rings. The van der Waals surface area contributed by atoms with Crippen molar-refractivity contribution in [2.24, 2.45) is 0 Å². The number of rotatable bonds is 8. The van der Waals surface area contributed by atoms with E-state index >= 15 is 0 Å². The van der Waals surface area contributed by atoms with Gasteiger partial charge < -0.3 is 21.1 Å². The molecule has 9 heteroatoms. The molecule has 1 rings (SSSR count). The van der Waals surface area contributed by atoms with Gasteiger partial charge in [-0.25, -0.2) is 4.79 Å². The van der Waals surface area contributed by atoms with Gasteiger partial charge in [0.15, 0.2) is 0 Å². The fraction of sp³-hybridized carbons (Fsp3) is 0.357. The Morgan fingerprint density at radius 1 is 0.957 bits per heavy atom. The van der Waals surface area contributed by atoms with Gasteiger partial charge in [0.05, 0.1) is 0 Å². The number of urea groups is 1. The van der Waals surface area contributed by atoms with E-state index in [1.807, 2.05) is 0 Å². The summed E-state index contributed by atoms with van der Waals surface area (Å²) >= 11 is 11.6. The van der Waals surface area contributed by atoms with E-state index in [0.29, 0.717) is 22.2 Å². The molecule has 0 aliphatic carbocycles. The molecule has 1 aromatic rings. The van der Waals surface area contributed by atoms with Gasteiger partial charge in [0.1, 0.15) is 0 Å². The van der Waals surface area contributed by atoms with Crippen LogP contribution >= 0.6 is 23.2 Å². The largest absolute Gasteiger partial charge is 0.481 e. The van der Waals surface area contributed by atoms with Crippen molar-refractivity contribution in [2.75, 3.05) is 18.4 Å². The molecule has 0 atom stereocenters. The average Bonchev–Trinajstić information content (AvgIpc) is 2.42. The van der Waals surface area contributed by atoms with Crippen molar-refractivity contribution < 1.29 is 19.5 Å². The van der Waals surface area contributed by atoms with E-state index in [9.17, 15) is 14.4 Å². The molecule has 23 heavy (non-hydrogen) atoms. The van der Waals surface area contributed by atoms with Crippen LogP contribution in [0, 0.1) is 0 Å². The molecular formula is C14H17Cl2N3O4. The topological polar surface area (TPSA) is 108 Å². The standard InChI is InChI=1S/C14H17Cl2N3O4/c15-9-6-10(16)8-11(7-9)19-12(20)3-5-18-14(23)17-4-1-2-13(21)22/h6-8H,1-5H2,(H,19,20)(H,21,22)(H2,17,18,23). The Labute approximate surface area is 143 Å². The fourth-order valence-corrected chi connectivity index (χ4v) is 2.17. The minimum atomic E-state index is -0.912. The molecule has 0 spiro atoms. The Bertz CT molecular complexity index is 561. The van der Waals surface area contributed by atoms with Gasteiger partial charge in [0.2, 0.25) is 5.91 Å². The zero-order chi connectivity index (χ0) is 17.2. The van der Waals surface area contributed by atoms with Gasteiger partial charge in [0, 0.05) is 41.7 Å². The van der Waals surface area contributed by atoms with Crippen molar-refractivity contribution in [3.63, 3.8) is 0 Å². The first kappa shape index (κ1) is 19.1. The van der Waals surface area contributed by atoms with Crippen molar-refractivity contribution in [2.45, 2.75) is 19.3 Å². The first-order valence-corrected chi connectivity index (χ1v) is 7.62. The van der Waals surface area contributed by atoms with Gasteiger partial charge in [-0.2, -0.15) is 0 Å². The molecule has 7 nitrogen and oxygen atoms in total. The smallest absolute Gasteiger partial charge is 0.314 e. The monoisotopic (exact) mass is 361 g/mol. The van der Waals surface area contributed by atoms with E-state index in [-0.39, 0.29) is 31.8 Å². The van der Waals surface area contributed by atoms with Crippen LogP contribution in [0.4, 0.5) is 10.5 Å². The number of aliphatic carboxylic acids is 1. The second kappa shape index (κ2) is 9.91. The van der Waals surface area contributed by atoms with E-state index in [1.165, 1.54) is 0 Å². The third-order valence-electron chi connectivity index (χ3n) is 2.64. The summed E-state index contributed by atoms with van der Waals surface area (Å²) in [5.74, 6) is -1.21. The molecule has 4 N–H and O–H groups in total. The molecule has 0 heterocycles. The van der Waals surface area contributed by atoms with E-state index in [1.54, 1.807) is 18.2 Å². The second-order valence-electron chi connectivity index (χ2n) is 4.64. The van der Waals surface area contributed by atoms with Crippen molar-refractivity contribution in [3.8, 4) is 0 Å². The van der Waals surface area contributed by atoms with Gasteiger partial charge in [-0.1, -0.05) is 23.2 Å². The van der Waals surface area contributed by atoms with Crippen molar-refractivity contribution in [1.29, 1.82) is 0 Å². The van der Waals surface area contributed by atoms with E-state index in [2.05, 4.69) is 16.0 Å². The summed E-state index contributed by atoms with van der Waals surface area (Å²) < 4.78 is 0. The number of amides is 3. The lowest BCUT2D eigenvalue weighted by Crippen LogP contribution is -2.37. The number of carboxylic acid groups (broad SMARTS) is 1. The van der Waals surface area contributed by atoms with Crippen LogP contribution in [0.25, 0.3) is 0 Å². The summed E-state index contributed by atoms with van der Waals surface area (Å²) in [5.41, 5.74) is 0.477. The Kier molecular flexibility index (Phi) is 8.21. The Morgan fingerprint density at radius 3 is 2.17 bits per heavy atom. The summed E-state index contributed by atoms with van der Waals surface area (Å²) in [6, 6.07) is 4.23. The Balaban J connectivity index is 2.20. The predicted molar refractivity (Wildman–Crippen MR) is 88.0 cm³/mol. The highest BCUT2D eigenvalue weighted by molar-refractivity contribution is 6.35. The van der Waals surface area contributed by atoms with Crippen LogP contribution in [0.2, 0.25) is 10.0 Å². The number of carbonyl (C=O) groups excluding carboxylic acids is 2. The Hall–Kier alpha value is -1.99. The molecule has 1 aromatic carbocycles. The number of benzene rings is 1. The number of carboxylic acids is 1. The molecule has 0 bridgehead atoms. The van der Waals surface area contributed by atoms with Crippen LogP contribution in [0.3, 0.4) is 0 Å². The van der Waals surface area contributed by atoms with Crippen LogP contribution in [-0.4, -0.2) is 36.1 Å². The van der Waals surface area contributed by atoms with Crippen LogP contribution < -0.4 is 16.0 Å². The van der Waals surface area contributed by atoms with E-state index in [0.717, 1.165) is 0 Å². The fourth-order valence-electron chi connectivity index (χ4n) is 1.64. The van der Waals surface area contributed by atoms with Crippen LogP contribution in [0.15, 0.2) is 18.2 Å². The highest BCUT2D eigenvalue weighted by atomic mass is 35.5. The molecule has 0 saturated heterocycles. The summed E-state index contributed by atoms with van der Waals surface area (Å²) in [5, 5.41) is 16.9. The SMILES string of the molecule is O=C(O)CCCNC(=O)NCCC(=O)Nc1cc(Cl)cc(Cl)c1. The maximum Gasteiger partial charge on any atom is 0.314 e. The summed E-state index contributed by atoms with van der Waals surface area (Å²) in [6.45, 7) is 0.399. The normalized spacial score (nSPS) is 10.0. The van der Waals surface area contributed by atoms with Gasteiger partial charge >= 0.3 is 12.0 Å². The molecule has 126 valence electrons. The Morgan fingerprint density at radius 2 is 1.57 bits per heavy atom. The summed E-state index contributed by atoms with van der Waals surface area (Å²) in [4.78, 5) is 33.4. The maximum absolute atomic E-state index is 11.7. The zero-order valence-electron chi connectivity index (χ0n) is 12.2. The van der Waals surface area contributed by atoms with Gasteiger partial charge in [-0.3, -0.25) is 9.59 Å². The predicted octanol–water partition coefficient (Wildman–Crippen LogP) is 2.49. The second-order valence-corrected chi connectivity index (χ2v) is 5.51. The number of hydrogen-bond donors (Lipinski definition) is 4. The summed E-state index contributed by atoms with van der Waals surface area (Å²) in [6.07, 6.45) is 0.413. The quantitative estimate of drug-likeness (QED) is 0.533. The molecule has 0 fully saturated rings. The van der Waals surface area contributed by atoms with Crippen molar-refractivity contribution >= 4 is 46.8 Å². The molecule has 0 radical (unpaired) electrons. The third-order valence-corrected chi connectivity index (χ3v) is 3.07. The molecule has 3 amide bonds. The van der Waals surface area contributed by atoms with Crippen LogP contribution in [0.5, 0.6) is 0 Å². The summed E-state index contributed by atoms with van der Waals surface area (Å²) in [7, 11) is 0. The first-order valence-electron chi connectivity index (χ1n) is 6.86. The van der Waals surface area contributed by atoms with Crippen molar-refractivity contribution in [1.82, 2.24) is 10.6 Å². The number of hydrogen-bond acceptors (Lipinski definition) is 3. The van der Waals surface area contributed by atoms with Crippen LogP contribution in [-0.2, 0) is 9.59 Å². The maximum atomic E-state index is 11.7. The number of halogens is 2. The molecule has 0 aliphatic heterocycles. The highest BCUT2D eigenvalue weighted by Crippen LogP contribution is 2.22. The van der Waals surface area contributed by atoms with E-state index in [4.69, 9.17) is 28.3 Å². The number of carbonyl (C=O) groups is 3. The molecular weight excluding hydrogens is 345 g/mol. The lowest BCUT2D eigenvalue weighted by molar-refractivity contribution is -0.137. The zero-order valence-corrected chi connectivity index (χ0v) is 13.7. The van der Waals surface area contributed by atoms with Gasteiger partial charge in [-0.15, -0.1) is 0 Å². The van der Waals surface area contributed by atoms with Crippen LogP contribution in [0.1, 0.15) is 19.3 Å². The first-order chi connectivity index (χ1) is 10.9. The molecule has 0 unspecified atom stereocenters. The molecule has 0 saturated carbocycles. The van der Waals surface area contributed by atoms with E-state index < -0.39 is 12.0 Å². The number of nitrogens with one attached hydrogen (secondary N) is 3. The average molecular weight is 362 g/mol. The lowest BCUT2D eigenvalue weighted by atomic mass is 10.3. The minimum absolute atomic E-state index is 0.00905. The minimum Gasteiger partial charge on any atom is -0.481 e. The van der Waals surface area contributed by atoms with Gasteiger partial charge in [-0.05, 0) is 24.6 Å². The third kappa shape index (κ3) is 8.90. The number of anilines is 1. The molecule has 0 aromatic heterocycles. The highest BCUT2D eigenvalue weighted by Gasteiger charge is 2.06.